The summed E-state index contributed by atoms with van der Waals surface area (Å²) in [5.41, 5.74) is 3.59. The molecule has 0 spiro atoms. The Kier molecular flexibility index (Phi) is 15.0. The number of carbonyl (C=O) groups is 6. The topological polar surface area (TPSA) is 192 Å². The van der Waals surface area contributed by atoms with E-state index in [0.717, 1.165) is 85.4 Å². The number of aromatic nitrogens is 1. The molecule has 4 saturated heterocycles. The average molecular weight is 1030 g/mol. The number of thiazole rings is 1. The largest absolute Gasteiger partial charge is 0.492 e. The molecule has 5 aromatic rings. The molecule has 16 nitrogen and oxygen atoms in total. The Bertz CT molecular complexity index is 2890. The zero-order valence-corrected chi connectivity index (χ0v) is 42.5. The van der Waals surface area contributed by atoms with Crippen molar-refractivity contribution in [2.24, 2.45) is 11.8 Å². The summed E-state index contributed by atoms with van der Waals surface area (Å²) in [5.74, 6) is -0.513. The van der Waals surface area contributed by atoms with Crippen LogP contribution in [-0.4, -0.2) is 122 Å². The number of nitrogens with zero attached hydrogens (tertiary/aromatic N) is 4. The van der Waals surface area contributed by atoms with Crippen molar-refractivity contribution in [2.45, 2.75) is 75.2 Å². The summed E-state index contributed by atoms with van der Waals surface area (Å²) in [6.45, 7) is 5.85. The Labute approximate surface area is 433 Å². The van der Waals surface area contributed by atoms with E-state index in [1.165, 1.54) is 11.3 Å². The lowest BCUT2D eigenvalue weighted by Crippen LogP contribution is -2.58. The number of imide groups is 1. The highest BCUT2D eigenvalue weighted by atomic mass is 35.5. The van der Waals surface area contributed by atoms with Crippen LogP contribution in [0.15, 0.2) is 84.9 Å². The maximum atomic E-state index is 14.2. The zero-order chi connectivity index (χ0) is 50.6. The number of amides is 6. The minimum atomic E-state index is -1.25. The molecule has 6 heterocycles. The standard InChI is InChI=1S/C55H61ClN8O8S/c1-57-54(70)55(72-46-8-3-2-5-41(46)52-60-44-7-4-6-43(56)49(44)73-52)21-28-64(29-22-55)53(69)42-32-48(66)59-45-31-38(13-14-40(42)45)71-30-23-58-50(67)36-19-24-62(25-20-36)33-34-17-26-63(27-18-34)37-11-9-35(10-12-37)39-15-16-47(65)61-51(39)68/h2-14,31,34,36,39,42H,15-30,32-33H2,1H3,(H,57,70)(H,58,67)(H,59,66)(H,61,65,68)/t39?,42-/m0/s1. The molecule has 4 fully saturated rings. The Morgan fingerprint density at radius 3 is 2.36 bits per heavy atom. The number of halogens is 1. The van der Waals surface area contributed by atoms with Gasteiger partial charge in [-0.1, -0.05) is 48.0 Å². The molecule has 4 aromatic carbocycles. The first-order valence-corrected chi connectivity index (χ1v) is 26.7. The molecular weight excluding hydrogens is 968 g/mol. The average Bonchev–Trinajstić information content (AvgIpc) is 3.86. The number of hydrogen-bond acceptors (Lipinski definition) is 12. The molecule has 6 amide bonds. The number of fused-ring (bicyclic) bond motifs is 2. The molecule has 2 atom stereocenters. The van der Waals surface area contributed by atoms with Gasteiger partial charge in [0.05, 0.1) is 39.2 Å². The van der Waals surface area contributed by atoms with Gasteiger partial charge in [0.2, 0.25) is 29.5 Å². The third-order valence-corrected chi connectivity index (χ3v) is 16.9. The monoisotopic (exact) mass is 1030 g/mol. The van der Waals surface area contributed by atoms with Crippen LogP contribution in [0.3, 0.4) is 0 Å². The quantitative estimate of drug-likeness (QED) is 0.0671. The molecule has 0 radical (unpaired) electrons. The van der Waals surface area contributed by atoms with E-state index in [1.54, 1.807) is 24.1 Å². The van der Waals surface area contributed by atoms with E-state index in [-0.39, 0.29) is 86.2 Å². The maximum Gasteiger partial charge on any atom is 0.264 e. The summed E-state index contributed by atoms with van der Waals surface area (Å²) in [5, 5.41) is 12.5. The SMILES string of the molecule is CNC(=O)C1(Oc2ccccc2-c2nc3cccc(Cl)c3s2)CCN(C(=O)[C@H]2CC(=O)Nc3cc(OCCNC(=O)C4CCN(CC5CCN(c6ccc(C7CCC(=O)NC7=O)cc6)CC5)CC4)ccc32)CC1. The zero-order valence-electron chi connectivity index (χ0n) is 41.0. The Morgan fingerprint density at radius 1 is 0.849 bits per heavy atom. The summed E-state index contributed by atoms with van der Waals surface area (Å²) in [4.78, 5) is 89.4. The second-order valence-corrected chi connectivity index (χ2v) is 21.3. The molecule has 4 N–H and O–H groups in total. The molecule has 10 rings (SSSR count). The van der Waals surface area contributed by atoms with E-state index in [1.807, 2.05) is 60.7 Å². The fourth-order valence-electron chi connectivity index (χ4n) is 11.2. The van der Waals surface area contributed by atoms with Crippen LogP contribution in [0.1, 0.15) is 80.8 Å². The molecule has 18 heteroatoms. The maximum absolute atomic E-state index is 14.2. The molecule has 5 aliphatic rings. The van der Waals surface area contributed by atoms with E-state index >= 15 is 0 Å². The number of anilines is 2. The van der Waals surface area contributed by atoms with Crippen LogP contribution >= 0.6 is 22.9 Å². The van der Waals surface area contributed by atoms with Crippen LogP contribution in [0.5, 0.6) is 11.5 Å². The predicted molar refractivity (Wildman–Crippen MR) is 280 cm³/mol. The van der Waals surface area contributed by atoms with Gasteiger partial charge in [-0.15, -0.1) is 11.3 Å². The minimum absolute atomic E-state index is 0.00295. The third-order valence-electron chi connectivity index (χ3n) is 15.3. The van der Waals surface area contributed by atoms with Crippen molar-refractivity contribution in [3.8, 4) is 22.1 Å². The van der Waals surface area contributed by atoms with Gasteiger partial charge >= 0.3 is 0 Å². The summed E-state index contributed by atoms with van der Waals surface area (Å²) in [6, 6.07) is 26.7. The number of benzene rings is 4. The van der Waals surface area contributed by atoms with E-state index in [2.05, 4.69) is 43.2 Å². The number of rotatable bonds is 14. The molecule has 0 saturated carbocycles. The van der Waals surface area contributed by atoms with Gasteiger partial charge < -0.3 is 40.1 Å². The Hall–Kier alpha value is -6.56. The molecular formula is C55H61ClN8O8S. The molecule has 0 aliphatic carbocycles. The van der Waals surface area contributed by atoms with Crippen molar-refractivity contribution >= 4 is 80.0 Å². The second-order valence-electron chi connectivity index (χ2n) is 19.9. The third kappa shape index (κ3) is 11.0. The van der Waals surface area contributed by atoms with Crippen molar-refractivity contribution in [2.75, 3.05) is 76.2 Å². The van der Waals surface area contributed by atoms with E-state index in [9.17, 15) is 28.8 Å². The highest BCUT2D eigenvalue weighted by Gasteiger charge is 2.46. The van der Waals surface area contributed by atoms with Crippen LogP contribution in [-0.2, 0) is 28.8 Å². The molecule has 1 unspecified atom stereocenters. The van der Waals surface area contributed by atoms with Crippen LogP contribution in [0, 0.1) is 11.8 Å². The minimum Gasteiger partial charge on any atom is -0.492 e. The summed E-state index contributed by atoms with van der Waals surface area (Å²) < 4.78 is 13.6. The fraction of sp³-hybridized carbons (Fsp3) is 0.436. The first-order chi connectivity index (χ1) is 35.4. The van der Waals surface area contributed by atoms with Gasteiger partial charge in [0, 0.05) is 88.8 Å². The smallest absolute Gasteiger partial charge is 0.264 e. The van der Waals surface area contributed by atoms with Gasteiger partial charge in [-0.25, -0.2) is 4.98 Å². The predicted octanol–water partition coefficient (Wildman–Crippen LogP) is 6.87. The van der Waals surface area contributed by atoms with E-state index in [4.69, 9.17) is 26.1 Å². The number of likely N-dealkylation sites (tertiary alicyclic amines) is 2. The highest BCUT2D eigenvalue weighted by molar-refractivity contribution is 7.22. The van der Waals surface area contributed by atoms with E-state index < -0.39 is 11.5 Å². The number of likely N-dealkylation sites (N-methyl/N-ethyl adjacent to an activating group) is 1. The van der Waals surface area contributed by atoms with E-state index in [0.29, 0.717) is 58.1 Å². The normalized spacial score (nSPS) is 20.7. The van der Waals surface area contributed by atoms with Crippen molar-refractivity contribution < 1.29 is 38.2 Å². The number of piperidine rings is 4. The van der Waals surface area contributed by atoms with Crippen molar-refractivity contribution in [3.63, 3.8) is 0 Å². The fourth-order valence-corrected chi connectivity index (χ4v) is 12.5. The molecule has 0 bridgehead atoms. The Morgan fingerprint density at radius 2 is 1.62 bits per heavy atom. The lowest BCUT2D eigenvalue weighted by Gasteiger charge is -2.42. The first-order valence-electron chi connectivity index (χ1n) is 25.5. The molecule has 73 heavy (non-hydrogen) atoms. The van der Waals surface area contributed by atoms with Crippen LogP contribution in [0.4, 0.5) is 11.4 Å². The van der Waals surface area contributed by atoms with Gasteiger partial charge in [-0.3, -0.25) is 34.1 Å². The van der Waals surface area contributed by atoms with Crippen molar-refractivity contribution in [1.29, 1.82) is 0 Å². The number of carbonyl (C=O) groups excluding carboxylic acids is 6. The van der Waals surface area contributed by atoms with Crippen LogP contribution in [0.2, 0.25) is 5.02 Å². The summed E-state index contributed by atoms with van der Waals surface area (Å²) in [7, 11) is 1.58. The van der Waals surface area contributed by atoms with Crippen LogP contribution < -0.4 is 35.6 Å². The number of nitrogens with one attached hydrogen (secondary N) is 4. The number of para-hydroxylation sites is 1. The molecule has 5 aliphatic heterocycles. The van der Waals surface area contributed by atoms with Gasteiger partial charge in [0.15, 0.2) is 5.60 Å². The highest BCUT2D eigenvalue weighted by Crippen LogP contribution is 2.42. The second kappa shape index (κ2) is 21.9. The van der Waals surface area contributed by atoms with Gasteiger partial charge in [0.25, 0.3) is 5.91 Å². The van der Waals surface area contributed by atoms with Crippen molar-refractivity contribution in [1.82, 2.24) is 30.7 Å². The summed E-state index contributed by atoms with van der Waals surface area (Å²) >= 11 is 7.93. The van der Waals surface area contributed by atoms with Crippen LogP contribution in [0.25, 0.3) is 20.8 Å². The molecule has 382 valence electrons. The van der Waals surface area contributed by atoms with Gasteiger partial charge in [-0.2, -0.15) is 0 Å². The summed E-state index contributed by atoms with van der Waals surface area (Å²) in [6.07, 6.45) is 5.23. The lowest BCUT2D eigenvalue weighted by atomic mass is 9.86. The number of hydrogen-bond donors (Lipinski definition) is 4. The lowest BCUT2D eigenvalue weighted by molar-refractivity contribution is -0.147. The van der Waals surface area contributed by atoms with Crippen molar-refractivity contribution in [3.05, 3.63) is 101 Å². The van der Waals surface area contributed by atoms with Gasteiger partial charge in [0.1, 0.15) is 23.1 Å². The first kappa shape index (κ1) is 50.0. The molecule has 1 aromatic heterocycles. The number of ether oxygens (including phenoxy) is 2. The van der Waals surface area contributed by atoms with Gasteiger partial charge in [-0.05, 0) is 105 Å². The Balaban J connectivity index is 0.662.